The van der Waals surface area contributed by atoms with Crippen molar-refractivity contribution in [3.8, 4) is 0 Å². The Labute approximate surface area is 119 Å². The van der Waals surface area contributed by atoms with Gasteiger partial charge in [0.15, 0.2) is 0 Å². The summed E-state index contributed by atoms with van der Waals surface area (Å²) in [4.78, 5) is 5.13. The first-order chi connectivity index (χ1) is 8.97. The van der Waals surface area contributed by atoms with Crippen LogP contribution in [0.3, 0.4) is 0 Å². The fourth-order valence-electron chi connectivity index (χ4n) is 4.59. The van der Waals surface area contributed by atoms with Gasteiger partial charge in [-0.2, -0.15) is 0 Å². The van der Waals surface area contributed by atoms with E-state index in [4.69, 9.17) is 5.73 Å². The number of hydrogen-bond acceptors (Lipinski definition) is 3. The van der Waals surface area contributed by atoms with Crippen molar-refractivity contribution in [2.24, 2.45) is 17.6 Å². The maximum atomic E-state index is 6.22. The third-order valence-corrected chi connectivity index (χ3v) is 5.61. The fourth-order valence-corrected chi connectivity index (χ4v) is 4.59. The standard InChI is InChI=1S/C16H33N3/c1-13-8-14(2)10-16(9-13,12-17)19(4)11-15-6-5-7-18(15)3/h13-15H,5-12,17H2,1-4H3. The zero-order valence-corrected chi connectivity index (χ0v) is 13.4. The van der Waals surface area contributed by atoms with Crippen LogP contribution in [0.5, 0.6) is 0 Å². The SMILES string of the molecule is CC1CC(C)CC(CN)(N(C)CC2CCCN2C)C1. The van der Waals surface area contributed by atoms with E-state index in [0.29, 0.717) is 0 Å². The van der Waals surface area contributed by atoms with Crippen LogP contribution in [-0.2, 0) is 0 Å². The van der Waals surface area contributed by atoms with Crippen molar-refractivity contribution in [1.82, 2.24) is 9.80 Å². The van der Waals surface area contributed by atoms with E-state index in [2.05, 4.69) is 37.7 Å². The smallest absolute Gasteiger partial charge is 0.0334 e. The molecule has 0 radical (unpaired) electrons. The molecule has 3 heteroatoms. The zero-order chi connectivity index (χ0) is 14.0. The van der Waals surface area contributed by atoms with Crippen molar-refractivity contribution in [1.29, 1.82) is 0 Å². The molecule has 2 rings (SSSR count). The van der Waals surface area contributed by atoms with Crippen molar-refractivity contribution < 1.29 is 0 Å². The molecule has 1 aliphatic heterocycles. The van der Waals surface area contributed by atoms with Gasteiger partial charge in [0.25, 0.3) is 0 Å². The lowest BCUT2D eigenvalue weighted by Gasteiger charge is -2.49. The topological polar surface area (TPSA) is 32.5 Å². The van der Waals surface area contributed by atoms with Crippen LogP contribution in [0.1, 0.15) is 46.0 Å². The summed E-state index contributed by atoms with van der Waals surface area (Å²) in [6, 6.07) is 0.737. The third kappa shape index (κ3) is 3.32. The van der Waals surface area contributed by atoms with Crippen LogP contribution >= 0.6 is 0 Å². The first kappa shape index (κ1) is 15.3. The van der Waals surface area contributed by atoms with E-state index in [1.807, 2.05) is 0 Å². The minimum Gasteiger partial charge on any atom is -0.329 e. The van der Waals surface area contributed by atoms with Crippen LogP contribution in [0.2, 0.25) is 0 Å². The molecule has 0 spiro atoms. The van der Waals surface area contributed by atoms with Crippen LogP contribution in [0.25, 0.3) is 0 Å². The maximum absolute atomic E-state index is 6.22. The molecule has 3 unspecified atom stereocenters. The van der Waals surface area contributed by atoms with E-state index in [1.54, 1.807) is 0 Å². The molecule has 0 aromatic rings. The summed E-state index contributed by atoms with van der Waals surface area (Å²) >= 11 is 0. The number of likely N-dealkylation sites (N-methyl/N-ethyl adjacent to an activating group) is 2. The Hall–Kier alpha value is -0.120. The Morgan fingerprint density at radius 2 is 1.89 bits per heavy atom. The molecule has 2 aliphatic rings. The Balaban J connectivity index is 2.02. The van der Waals surface area contributed by atoms with Gasteiger partial charge in [-0.1, -0.05) is 13.8 Å². The largest absolute Gasteiger partial charge is 0.329 e. The monoisotopic (exact) mass is 267 g/mol. The van der Waals surface area contributed by atoms with Crippen LogP contribution in [-0.4, -0.2) is 55.1 Å². The van der Waals surface area contributed by atoms with Crippen LogP contribution < -0.4 is 5.73 Å². The number of hydrogen-bond donors (Lipinski definition) is 1. The van der Waals surface area contributed by atoms with Gasteiger partial charge in [0.2, 0.25) is 0 Å². The predicted octanol–water partition coefficient (Wildman–Crippen LogP) is 2.17. The summed E-state index contributed by atoms with van der Waals surface area (Å²) in [6.45, 7) is 8.06. The fraction of sp³-hybridized carbons (Fsp3) is 1.00. The molecule has 112 valence electrons. The van der Waals surface area contributed by atoms with Crippen LogP contribution in [0.4, 0.5) is 0 Å². The molecule has 3 nitrogen and oxygen atoms in total. The Morgan fingerprint density at radius 1 is 1.26 bits per heavy atom. The van der Waals surface area contributed by atoms with E-state index in [9.17, 15) is 0 Å². The van der Waals surface area contributed by atoms with Gasteiger partial charge in [0.05, 0.1) is 0 Å². The molecule has 1 heterocycles. The van der Waals surface area contributed by atoms with Crippen molar-refractivity contribution in [3.63, 3.8) is 0 Å². The lowest BCUT2D eigenvalue weighted by atomic mass is 9.70. The van der Waals surface area contributed by atoms with Gasteiger partial charge in [0, 0.05) is 24.7 Å². The average Bonchev–Trinajstić information content (AvgIpc) is 2.73. The number of rotatable bonds is 4. The van der Waals surface area contributed by atoms with Gasteiger partial charge >= 0.3 is 0 Å². The molecule has 1 aliphatic carbocycles. The molecule has 3 atom stereocenters. The highest BCUT2D eigenvalue weighted by molar-refractivity contribution is 4.98. The minimum absolute atomic E-state index is 0.251. The number of nitrogens with two attached hydrogens (primary N) is 1. The van der Waals surface area contributed by atoms with Crippen LogP contribution in [0, 0.1) is 11.8 Å². The molecular formula is C16H33N3. The van der Waals surface area contributed by atoms with Gasteiger partial charge in [0.1, 0.15) is 0 Å². The summed E-state index contributed by atoms with van der Waals surface area (Å²) < 4.78 is 0. The molecule has 0 aromatic carbocycles. The highest BCUT2D eigenvalue weighted by Gasteiger charge is 2.41. The highest BCUT2D eigenvalue weighted by Crippen LogP contribution is 2.39. The third-order valence-electron chi connectivity index (χ3n) is 5.61. The van der Waals surface area contributed by atoms with E-state index < -0.39 is 0 Å². The van der Waals surface area contributed by atoms with Crippen molar-refractivity contribution in [2.45, 2.75) is 57.5 Å². The van der Waals surface area contributed by atoms with Crippen molar-refractivity contribution in [3.05, 3.63) is 0 Å². The summed E-state index contributed by atoms with van der Waals surface area (Å²) in [5.74, 6) is 1.63. The van der Waals surface area contributed by atoms with Crippen molar-refractivity contribution >= 4 is 0 Å². The highest BCUT2D eigenvalue weighted by atomic mass is 15.2. The first-order valence-electron chi connectivity index (χ1n) is 8.08. The first-order valence-corrected chi connectivity index (χ1v) is 8.08. The predicted molar refractivity (Wildman–Crippen MR) is 82.2 cm³/mol. The summed E-state index contributed by atoms with van der Waals surface area (Å²) in [6.07, 6.45) is 6.64. The minimum atomic E-state index is 0.251. The second-order valence-corrected chi connectivity index (χ2v) is 7.44. The summed E-state index contributed by atoms with van der Waals surface area (Å²) in [7, 11) is 4.58. The van der Waals surface area contributed by atoms with Crippen molar-refractivity contribution in [2.75, 3.05) is 33.7 Å². The molecule has 1 saturated carbocycles. The lowest BCUT2D eigenvalue weighted by Crippen LogP contribution is -2.58. The Kier molecular flexibility index (Phi) is 4.91. The van der Waals surface area contributed by atoms with Gasteiger partial charge in [-0.3, -0.25) is 4.90 Å². The van der Waals surface area contributed by atoms with Crippen LogP contribution in [0.15, 0.2) is 0 Å². The van der Waals surface area contributed by atoms with Gasteiger partial charge in [-0.05, 0) is 64.6 Å². The number of likely N-dealkylation sites (tertiary alicyclic amines) is 1. The normalized spacial score (nSPS) is 41.1. The molecule has 1 saturated heterocycles. The van der Waals surface area contributed by atoms with E-state index in [0.717, 1.165) is 24.4 Å². The van der Waals surface area contributed by atoms with Gasteiger partial charge in [-0.15, -0.1) is 0 Å². The molecule has 0 bridgehead atoms. The number of nitrogens with zero attached hydrogens (tertiary/aromatic N) is 2. The second-order valence-electron chi connectivity index (χ2n) is 7.44. The molecule has 2 N–H and O–H groups in total. The average molecular weight is 267 g/mol. The molecule has 0 aromatic heterocycles. The Morgan fingerprint density at radius 3 is 2.37 bits per heavy atom. The molecular weight excluding hydrogens is 234 g/mol. The Bertz CT molecular complexity index is 282. The second kappa shape index (κ2) is 6.11. The molecule has 0 amide bonds. The zero-order valence-electron chi connectivity index (χ0n) is 13.4. The molecule has 2 fully saturated rings. The van der Waals surface area contributed by atoms with E-state index in [-0.39, 0.29) is 5.54 Å². The maximum Gasteiger partial charge on any atom is 0.0334 e. The summed E-state index contributed by atoms with van der Waals surface area (Å²) in [5, 5.41) is 0. The van der Waals surface area contributed by atoms with Gasteiger partial charge in [-0.25, -0.2) is 0 Å². The van der Waals surface area contributed by atoms with E-state index in [1.165, 1.54) is 45.2 Å². The molecule has 19 heavy (non-hydrogen) atoms. The summed E-state index contributed by atoms with van der Waals surface area (Å²) in [5.41, 5.74) is 6.47. The van der Waals surface area contributed by atoms with E-state index >= 15 is 0 Å². The lowest BCUT2D eigenvalue weighted by molar-refractivity contribution is 0.0253. The van der Waals surface area contributed by atoms with Gasteiger partial charge < -0.3 is 10.6 Å². The quantitative estimate of drug-likeness (QED) is 0.847.